The van der Waals surface area contributed by atoms with Crippen molar-refractivity contribution < 1.29 is 10.2 Å². The lowest BCUT2D eigenvalue weighted by molar-refractivity contribution is 0.404. The molecule has 0 aliphatic rings. The fourth-order valence-corrected chi connectivity index (χ4v) is 1.84. The van der Waals surface area contributed by atoms with Crippen LogP contribution in [0.5, 0.6) is 11.5 Å². The highest BCUT2D eigenvalue weighted by Crippen LogP contribution is 2.42. The van der Waals surface area contributed by atoms with E-state index < -0.39 is 0 Å². The van der Waals surface area contributed by atoms with Crippen LogP contribution in [0.1, 0.15) is 5.56 Å². The molecule has 17 heavy (non-hydrogen) atoms. The normalized spacial score (nSPS) is 10.8. The second-order valence-electron chi connectivity index (χ2n) is 3.80. The van der Waals surface area contributed by atoms with Crippen LogP contribution >= 0.6 is 11.6 Å². The van der Waals surface area contributed by atoms with E-state index in [9.17, 15) is 10.2 Å². The third-order valence-electron chi connectivity index (χ3n) is 2.65. The summed E-state index contributed by atoms with van der Waals surface area (Å²) in [6.45, 7) is 1.74. The number of benzene rings is 1. The van der Waals surface area contributed by atoms with Gasteiger partial charge in [-0.15, -0.1) is 0 Å². The number of aromatic nitrogens is 2. The molecule has 0 spiro atoms. The van der Waals surface area contributed by atoms with Crippen molar-refractivity contribution in [2.24, 2.45) is 7.05 Å². The van der Waals surface area contributed by atoms with E-state index >= 15 is 0 Å². The van der Waals surface area contributed by atoms with Crippen molar-refractivity contribution >= 4 is 17.4 Å². The topological polar surface area (TPSA) is 84.3 Å². The second kappa shape index (κ2) is 3.85. The average Bonchev–Trinajstić information content (AvgIpc) is 2.57. The van der Waals surface area contributed by atoms with Crippen molar-refractivity contribution in [2.75, 3.05) is 5.73 Å². The van der Waals surface area contributed by atoms with Crippen LogP contribution in [-0.2, 0) is 7.05 Å². The fourth-order valence-electron chi connectivity index (χ4n) is 1.64. The number of hydrogen-bond donors (Lipinski definition) is 3. The molecule has 0 aliphatic heterocycles. The highest BCUT2D eigenvalue weighted by molar-refractivity contribution is 6.32. The number of anilines is 1. The lowest BCUT2D eigenvalue weighted by Crippen LogP contribution is -1.96. The fraction of sp³-hybridized carbons (Fsp3) is 0.182. The van der Waals surface area contributed by atoms with E-state index in [-0.39, 0.29) is 11.5 Å². The van der Waals surface area contributed by atoms with Crippen LogP contribution < -0.4 is 5.73 Å². The number of rotatable bonds is 1. The van der Waals surface area contributed by atoms with Crippen LogP contribution in [0.2, 0.25) is 5.02 Å². The Morgan fingerprint density at radius 2 is 2.00 bits per heavy atom. The molecule has 5 nitrogen and oxygen atoms in total. The third-order valence-corrected chi connectivity index (χ3v) is 3.04. The second-order valence-corrected chi connectivity index (χ2v) is 4.21. The molecule has 0 bridgehead atoms. The van der Waals surface area contributed by atoms with Crippen molar-refractivity contribution in [1.29, 1.82) is 0 Å². The van der Waals surface area contributed by atoms with E-state index in [1.54, 1.807) is 20.0 Å². The number of halogens is 1. The molecule has 90 valence electrons. The number of phenols is 2. The van der Waals surface area contributed by atoms with Crippen molar-refractivity contribution in [3.63, 3.8) is 0 Å². The third kappa shape index (κ3) is 1.78. The number of phenolic OH excluding ortho intramolecular Hbond substituents is 2. The molecule has 0 fully saturated rings. The maximum atomic E-state index is 9.86. The molecule has 2 rings (SSSR count). The number of aryl methyl sites for hydroxylation is 1. The lowest BCUT2D eigenvalue weighted by Gasteiger charge is -2.09. The summed E-state index contributed by atoms with van der Waals surface area (Å²) < 4.78 is 1.48. The summed E-state index contributed by atoms with van der Waals surface area (Å²) in [6.07, 6.45) is 0. The molecule has 2 aromatic rings. The van der Waals surface area contributed by atoms with Gasteiger partial charge in [0.1, 0.15) is 5.82 Å². The highest BCUT2D eigenvalue weighted by Gasteiger charge is 2.18. The van der Waals surface area contributed by atoms with Crippen molar-refractivity contribution in [2.45, 2.75) is 6.92 Å². The Kier molecular flexibility index (Phi) is 2.63. The van der Waals surface area contributed by atoms with Crippen molar-refractivity contribution in [3.8, 4) is 22.8 Å². The molecule has 0 radical (unpaired) electrons. The van der Waals surface area contributed by atoms with Crippen LogP contribution in [0.4, 0.5) is 5.82 Å². The standard InChI is InChI=1S/C11H12ClN3O2/c1-5-6(12)3-8(16)11(17)10(5)7-4-9(13)15(2)14-7/h3-4,16-17H,13H2,1-2H3. The predicted molar refractivity (Wildman–Crippen MR) is 66.1 cm³/mol. The van der Waals surface area contributed by atoms with Gasteiger partial charge in [-0.2, -0.15) is 5.10 Å². The first kappa shape index (κ1) is 11.6. The number of hydrogen-bond acceptors (Lipinski definition) is 4. The molecule has 0 saturated heterocycles. The van der Waals surface area contributed by atoms with Gasteiger partial charge in [-0.05, 0) is 12.5 Å². The molecule has 1 aromatic carbocycles. The molecule has 6 heteroatoms. The predicted octanol–water partition coefficient (Wildman–Crippen LogP) is 2.04. The Hall–Kier alpha value is -1.88. The molecule has 4 N–H and O–H groups in total. The van der Waals surface area contributed by atoms with Gasteiger partial charge in [-0.1, -0.05) is 11.6 Å². The Balaban J connectivity index is 2.74. The smallest absolute Gasteiger partial charge is 0.167 e. The SMILES string of the molecule is Cc1c(Cl)cc(O)c(O)c1-c1cc(N)n(C)n1. The van der Waals surface area contributed by atoms with Crippen LogP contribution in [0, 0.1) is 6.92 Å². The Morgan fingerprint density at radius 1 is 1.35 bits per heavy atom. The van der Waals surface area contributed by atoms with E-state index in [0.717, 1.165) is 0 Å². The summed E-state index contributed by atoms with van der Waals surface area (Å²) in [5.74, 6) is -0.0666. The van der Waals surface area contributed by atoms with E-state index in [4.69, 9.17) is 17.3 Å². The Bertz CT molecular complexity index is 547. The summed E-state index contributed by atoms with van der Waals surface area (Å²) in [7, 11) is 1.69. The monoisotopic (exact) mass is 253 g/mol. The van der Waals surface area contributed by atoms with Crippen LogP contribution in [-0.4, -0.2) is 20.0 Å². The number of aromatic hydroxyl groups is 2. The van der Waals surface area contributed by atoms with E-state index in [2.05, 4.69) is 5.10 Å². The van der Waals surface area contributed by atoms with E-state index in [0.29, 0.717) is 27.7 Å². The summed E-state index contributed by atoms with van der Waals surface area (Å²) >= 11 is 5.95. The van der Waals surface area contributed by atoms with Gasteiger partial charge in [0.25, 0.3) is 0 Å². The van der Waals surface area contributed by atoms with E-state index in [1.165, 1.54) is 10.7 Å². The Morgan fingerprint density at radius 3 is 2.53 bits per heavy atom. The number of nitrogen functional groups attached to an aromatic ring is 1. The van der Waals surface area contributed by atoms with E-state index in [1.807, 2.05) is 0 Å². The van der Waals surface area contributed by atoms with Crippen LogP contribution in [0.15, 0.2) is 12.1 Å². The minimum absolute atomic E-state index is 0.245. The van der Waals surface area contributed by atoms with Gasteiger partial charge in [0.2, 0.25) is 0 Å². The molecule has 0 atom stereocenters. The zero-order valence-electron chi connectivity index (χ0n) is 9.40. The highest BCUT2D eigenvalue weighted by atomic mass is 35.5. The average molecular weight is 254 g/mol. The van der Waals surface area contributed by atoms with Gasteiger partial charge in [-0.3, -0.25) is 4.68 Å². The molecular formula is C11H12ClN3O2. The molecule has 0 aliphatic carbocycles. The first-order chi connectivity index (χ1) is 7.91. The zero-order chi connectivity index (χ0) is 12.7. The lowest BCUT2D eigenvalue weighted by atomic mass is 10.0. The molecule has 0 saturated carbocycles. The summed E-state index contributed by atoms with van der Waals surface area (Å²) in [5.41, 5.74) is 7.18. The van der Waals surface area contributed by atoms with Crippen molar-refractivity contribution in [1.82, 2.24) is 9.78 Å². The van der Waals surface area contributed by atoms with Gasteiger partial charge < -0.3 is 15.9 Å². The molecule has 0 unspecified atom stereocenters. The maximum Gasteiger partial charge on any atom is 0.167 e. The summed E-state index contributed by atoms with van der Waals surface area (Å²) in [6, 6.07) is 2.90. The number of nitrogens with two attached hydrogens (primary N) is 1. The largest absolute Gasteiger partial charge is 0.504 e. The number of nitrogens with zero attached hydrogens (tertiary/aromatic N) is 2. The Labute approximate surface area is 103 Å². The molecule has 0 amide bonds. The van der Waals surface area contributed by atoms with Gasteiger partial charge in [0.05, 0.1) is 11.3 Å². The first-order valence-corrected chi connectivity index (χ1v) is 5.30. The van der Waals surface area contributed by atoms with Crippen LogP contribution in [0.25, 0.3) is 11.3 Å². The minimum Gasteiger partial charge on any atom is -0.504 e. The van der Waals surface area contributed by atoms with Gasteiger partial charge in [-0.25, -0.2) is 0 Å². The van der Waals surface area contributed by atoms with Gasteiger partial charge >= 0.3 is 0 Å². The summed E-state index contributed by atoms with van der Waals surface area (Å²) in [5, 5.41) is 23.9. The van der Waals surface area contributed by atoms with Gasteiger partial charge in [0.15, 0.2) is 11.5 Å². The minimum atomic E-state index is -0.278. The molecular weight excluding hydrogens is 242 g/mol. The first-order valence-electron chi connectivity index (χ1n) is 4.92. The van der Waals surface area contributed by atoms with Gasteiger partial charge in [0, 0.05) is 24.2 Å². The van der Waals surface area contributed by atoms with Crippen molar-refractivity contribution in [3.05, 3.63) is 22.7 Å². The zero-order valence-corrected chi connectivity index (χ0v) is 10.2. The quantitative estimate of drug-likeness (QED) is 0.679. The van der Waals surface area contributed by atoms with Crippen LogP contribution in [0.3, 0.4) is 0 Å². The maximum absolute atomic E-state index is 9.86. The molecule has 1 aromatic heterocycles. The summed E-state index contributed by atoms with van der Waals surface area (Å²) in [4.78, 5) is 0. The molecule has 1 heterocycles.